The first-order chi connectivity index (χ1) is 12.4. The molecule has 2 aromatic carbocycles. The minimum atomic E-state index is 0.0272. The molecule has 134 valence electrons. The molecular formula is C21H22N2OS2. The van der Waals surface area contributed by atoms with Crippen LogP contribution in [0.3, 0.4) is 0 Å². The average Bonchev–Trinajstić information content (AvgIpc) is 3.12. The molecule has 0 aliphatic heterocycles. The van der Waals surface area contributed by atoms with Gasteiger partial charge in [-0.2, -0.15) is 0 Å². The van der Waals surface area contributed by atoms with Crippen molar-refractivity contribution in [2.24, 2.45) is 0 Å². The smallest absolute Gasteiger partial charge is 0.241 e. The highest BCUT2D eigenvalue weighted by molar-refractivity contribution is 8.01. The summed E-state index contributed by atoms with van der Waals surface area (Å²) in [4.78, 5) is 19.4. The van der Waals surface area contributed by atoms with Gasteiger partial charge in [0.15, 0.2) is 4.34 Å². The Kier molecular flexibility index (Phi) is 5.79. The summed E-state index contributed by atoms with van der Waals surface area (Å²) in [6.07, 6.45) is 0. The van der Waals surface area contributed by atoms with Gasteiger partial charge in [0.1, 0.15) is 0 Å². The molecule has 3 rings (SSSR count). The summed E-state index contributed by atoms with van der Waals surface area (Å²) in [5, 5.41) is 2.08. The van der Waals surface area contributed by atoms with Crippen LogP contribution in [0.15, 0.2) is 70.4 Å². The minimum absolute atomic E-state index is 0.0272. The molecule has 0 N–H and O–H groups in total. The van der Waals surface area contributed by atoms with E-state index < -0.39 is 0 Å². The van der Waals surface area contributed by atoms with E-state index in [-0.39, 0.29) is 11.3 Å². The van der Waals surface area contributed by atoms with E-state index in [0.717, 1.165) is 21.4 Å². The first kappa shape index (κ1) is 18.7. The fraction of sp³-hybridized carbons (Fsp3) is 0.238. The second-order valence-electron chi connectivity index (χ2n) is 6.94. The maximum atomic E-state index is 13.0. The van der Waals surface area contributed by atoms with Crippen molar-refractivity contribution >= 4 is 40.4 Å². The molecule has 0 aliphatic rings. The van der Waals surface area contributed by atoms with Gasteiger partial charge in [0.25, 0.3) is 0 Å². The van der Waals surface area contributed by atoms with Crippen LogP contribution in [0.2, 0.25) is 0 Å². The highest BCUT2D eigenvalue weighted by Crippen LogP contribution is 2.31. The fourth-order valence-electron chi connectivity index (χ4n) is 2.45. The summed E-state index contributed by atoms with van der Waals surface area (Å²) < 4.78 is 0.935. The molecule has 3 nitrogen and oxygen atoms in total. The predicted octanol–water partition coefficient (Wildman–Crippen LogP) is 5.90. The standard InChI is InChI=1S/C21H22N2OS2/c1-21(2,3)18-14-25-20(22-18)26-15-19(24)23(16-10-6-4-7-11-16)17-12-8-5-9-13-17/h4-14H,15H2,1-3H3. The fourth-order valence-corrected chi connectivity index (χ4v) is 4.35. The Hall–Kier alpha value is -2.11. The number of rotatable bonds is 5. The number of nitrogens with zero attached hydrogens (tertiary/aromatic N) is 2. The van der Waals surface area contributed by atoms with Crippen LogP contribution in [0.5, 0.6) is 0 Å². The van der Waals surface area contributed by atoms with Gasteiger partial charge in [-0.25, -0.2) is 4.98 Å². The molecule has 0 saturated heterocycles. The van der Waals surface area contributed by atoms with Crippen molar-refractivity contribution in [3.05, 3.63) is 71.7 Å². The van der Waals surface area contributed by atoms with Crippen LogP contribution in [-0.2, 0) is 10.2 Å². The molecule has 26 heavy (non-hydrogen) atoms. The summed E-state index contributed by atoms with van der Waals surface area (Å²) >= 11 is 3.10. The number of benzene rings is 2. The zero-order valence-electron chi connectivity index (χ0n) is 15.2. The predicted molar refractivity (Wildman–Crippen MR) is 112 cm³/mol. The van der Waals surface area contributed by atoms with Crippen molar-refractivity contribution < 1.29 is 4.79 Å². The van der Waals surface area contributed by atoms with Crippen LogP contribution >= 0.6 is 23.1 Å². The number of hydrogen-bond donors (Lipinski definition) is 0. The topological polar surface area (TPSA) is 33.2 Å². The second kappa shape index (κ2) is 8.06. The number of para-hydroxylation sites is 2. The molecule has 1 heterocycles. The Labute approximate surface area is 163 Å². The maximum Gasteiger partial charge on any atom is 0.241 e. The van der Waals surface area contributed by atoms with Crippen molar-refractivity contribution in [1.82, 2.24) is 4.98 Å². The third kappa shape index (κ3) is 4.54. The average molecular weight is 383 g/mol. The number of amides is 1. The zero-order valence-corrected chi connectivity index (χ0v) is 16.8. The monoisotopic (exact) mass is 382 g/mol. The van der Waals surface area contributed by atoms with Crippen LogP contribution < -0.4 is 4.90 Å². The van der Waals surface area contributed by atoms with Gasteiger partial charge in [-0.05, 0) is 24.3 Å². The molecule has 0 bridgehead atoms. The molecule has 0 unspecified atom stereocenters. The number of carbonyl (C=O) groups is 1. The van der Waals surface area contributed by atoms with Crippen LogP contribution in [-0.4, -0.2) is 16.6 Å². The van der Waals surface area contributed by atoms with E-state index in [4.69, 9.17) is 0 Å². The highest BCUT2D eigenvalue weighted by Gasteiger charge is 2.20. The number of aromatic nitrogens is 1. The number of hydrogen-bond acceptors (Lipinski definition) is 4. The number of thiazole rings is 1. The van der Waals surface area contributed by atoms with Crippen LogP contribution in [0.1, 0.15) is 26.5 Å². The lowest BCUT2D eigenvalue weighted by Gasteiger charge is -2.22. The van der Waals surface area contributed by atoms with Gasteiger partial charge in [-0.3, -0.25) is 9.69 Å². The third-order valence-corrected chi connectivity index (χ3v) is 5.85. The maximum absolute atomic E-state index is 13.0. The molecule has 0 aliphatic carbocycles. The summed E-state index contributed by atoms with van der Waals surface area (Å²) in [5.74, 6) is 0.390. The van der Waals surface area contributed by atoms with E-state index >= 15 is 0 Å². The quantitative estimate of drug-likeness (QED) is 0.515. The van der Waals surface area contributed by atoms with Gasteiger partial charge in [-0.1, -0.05) is 68.9 Å². The van der Waals surface area contributed by atoms with Gasteiger partial charge < -0.3 is 0 Å². The Balaban J connectivity index is 1.77. The van der Waals surface area contributed by atoms with Gasteiger partial charge in [0.05, 0.1) is 11.4 Å². The van der Waals surface area contributed by atoms with Crippen molar-refractivity contribution in [2.75, 3.05) is 10.7 Å². The largest absolute Gasteiger partial charge is 0.280 e. The van der Waals surface area contributed by atoms with Gasteiger partial charge in [-0.15, -0.1) is 11.3 Å². The van der Waals surface area contributed by atoms with Crippen LogP contribution in [0, 0.1) is 0 Å². The lowest BCUT2D eigenvalue weighted by Crippen LogP contribution is -2.27. The molecule has 0 atom stereocenters. The molecule has 1 amide bonds. The van der Waals surface area contributed by atoms with E-state index in [1.165, 1.54) is 11.8 Å². The second-order valence-corrected chi connectivity index (χ2v) is 9.02. The van der Waals surface area contributed by atoms with E-state index in [1.807, 2.05) is 60.7 Å². The molecular weight excluding hydrogens is 360 g/mol. The first-order valence-corrected chi connectivity index (χ1v) is 10.3. The normalized spacial score (nSPS) is 11.3. The van der Waals surface area contributed by atoms with Crippen molar-refractivity contribution in [2.45, 2.75) is 30.5 Å². The Morgan fingerprint density at radius 2 is 1.54 bits per heavy atom. The van der Waals surface area contributed by atoms with E-state index in [9.17, 15) is 4.79 Å². The molecule has 1 aromatic heterocycles. The number of carbonyl (C=O) groups excluding carboxylic acids is 1. The number of thioether (sulfide) groups is 1. The number of anilines is 2. The molecule has 0 fully saturated rings. The Bertz CT molecular complexity index is 815. The lowest BCUT2D eigenvalue weighted by molar-refractivity contribution is -0.115. The SMILES string of the molecule is CC(C)(C)c1csc(SCC(=O)N(c2ccccc2)c2ccccc2)n1. The van der Waals surface area contributed by atoms with Gasteiger partial charge >= 0.3 is 0 Å². The van der Waals surface area contributed by atoms with E-state index in [0.29, 0.717) is 5.75 Å². The summed E-state index contributed by atoms with van der Waals surface area (Å²) in [6.45, 7) is 6.44. The molecule has 0 spiro atoms. The van der Waals surface area contributed by atoms with Crippen LogP contribution in [0.25, 0.3) is 0 Å². The minimum Gasteiger partial charge on any atom is -0.280 e. The lowest BCUT2D eigenvalue weighted by atomic mass is 9.93. The summed E-state index contributed by atoms with van der Waals surface area (Å²) in [6, 6.07) is 19.5. The van der Waals surface area contributed by atoms with Crippen molar-refractivity contribution in [1.29, 1.82) is 0 Å². The Morgan fingerprint density at radius 3 is 2.00 bits per heavy atom. The van der Waals surface area contributed by atoms with Crippen molar-refractivity contribution in [3.63, 3.8) is 0 Å². The highest BCUT2D eigenvalue weighted by atomic mass is 32.2. The van der Waals surface area contributed by atoms with E-state index in [1.54, 1.807) is 16.2 Å². The molecule has 3 aromatic rings. The molecule has 0 saturated carbocycles. The summed E-state index contributed by atoms with van der Waals surface area (Å²) in [5.41, 5.74) is 2.84. The molecule has 5 heteroatoms. The van der Waals surface area contributed by atoms with E-state index in [2.05, 4.69) is 31.1 Å². The Morgan fingerprint density at radius 1 is 1.00 bits per heavy atom. The van der Waals surface area contributed by atoms with Crippen LogP contribution in [0.4, 0.5) is 11.4 Å². The first-order valence-electron chi connectivity index (χ1n) is 8.47. The van der Waals surface area contributed by atoms with Crippen molar-refractivity contribution in [3.8, 4) is 0 Å². The summed E-state index contributed by atoms with van der Waals surface area (Å²) in [7, 11) is 0. The molecule has 0 radical (unpaired) electrons. The third-order valence-electron chi connectivity index (χ3n) is 3.85. The van der Waals surface area contributed by atoms with Gasteiger partial charge in [0, 0.05) is 22.2 Å². The van der Waals surface area contributed by atoms with Gasteiger partial charge in [0.2, 0.25) is 5.91 Å². The zero-order chi connectivity index (χ0) is 18.6.